The first-order chi connectivity index (χ1) is 19.0. The zero-order valence-corrected chi connectivity index (χ0v) is 21.9. The van der Waals surface area contributed by atoms with Gasteiger partial charge in [0, 0.05) is 37.1 Å². The first kappa shape index (κ1) is 22.9. The van der Waals surface area contributed by atoms with Gasteiger partial charge in [0.2, 0.25) is 0 Å². The van der Waals surface area contributed by atoms with Gasteiger partial charge >= 0.3 is 0 Å². The van der Waals surface area contributed by atoms with Gasteiger partial charge in [-0.05, 0) is 78.4 Å². The maximum atomic E-state index is 13.9. The third-order valence-corrected chi connectivity index (χ3v) is 9.18. The Morgan fingerprint density at radius 3 is 2.74 bits per heavy atom. The number of rotatable bonds is 6. The Hall–Kier alpha value is -4.04. The lowest BCUT2D eigenvalue weighted by molar-refractivity contribution is -0.121. The van der Waals surface area contributed by atoms with E-state index in [4.69, 9.17) is 4.98 Å². The van der Waals surface area contributed by atoms with Gasteiger partial charge in [-0.3, -0.25) is 23.7 Å². The summed E-state index contributed by atoms with van der Waals surface area (Å²) in [7, 11) is 1.84. The number of benzene rings is 2. The largest absolute Gasteiger partial charge is 0.361 e. The summed E-state index contributed by atoms with van der Waals surface area (Å²) in [6, 6.07) is 16.7. The topological polar surface area (TPSA) is 88.8 Å². The molecule has 1 N–H and O–H groups in total. The number of aromatic amines is 1. The molecule has 2 aromatic carbocycles. The number of hydrogen-bond donors (Lipinski definition) is 1. The Morgan fingerprint density at radius 1 is 1.10 bits per heavy atom. The second-order valence-corrected chi connectivity index (χ2v) is 11.8. The van der Waals surface area contributed by atoms with Crippen LogP contribution in [0.3, 0.4) is 0 Å². The molecule has 3 fully saturated rings. The minimum absolute atomic E-state index is 0.0792. The van der Waals surface area contributed by atoms with Crippen LogP contribution in [0.1, 0.15) is 37.4 Å². The summed E-state index contributed by atoms with van der Waals surface area (Å²) in [6.07, 6.45) is 7.71. The molecule has 8 heteroatoms. The Labute approximate surface area is 225 Å². The van der Waals surface area contributed by atoms with Crippen LogP contribution in [0, 0.1) is 11.3 Å². The summed E-state index contributed by atoms with van der Waals surface area (Å²) in [6.45, 7) is 2.40. The van der Waals surface area contributed by atoms with E-state index in [0.29, 0.717) is 29.3 Å². The van der Waals surface area contributed by atoms with Crippen molar-refractivity contribution >= 4 is 27.7 Å². The number of carbonyl (C=O) groups is 1. The number of hydrogen-bond acceptors (Lipinski definition) is 5. The van der Waals surface area contributed by atoms with Gasteiger partial charge < -0.3 is 4.98 Å². The van der Waals surface area contributed by atoms with E-state index in [1.807, 2.05) is 25.4 Å². The monoisotopic (exact) mass is 518 g/mol. The van der Waals surface area contributed by atoms with Crippen molar-refractivity contribution in [2.75, 3.05) is 19.6 Å². The quantitative estimate of drug-likeness (QED) is 0.359. The number of ketones is 1. The molecule has 0 radical (unpaired) electrons. The highest BCUT2D eigenvalue weighted by Gasteiger charge is 2.60. The molecule has 3 aromatic heterocycles. The highest BCUT2D eigenvalue weighted by molar-refractivity contribution is 5.85. The fourth-order valence-corrected chi connectivity index (χ4v) is 6.65. The standard InChI is InChI=1S/C31H30N6O2/c1-35-28-24(16-33-35)30(39)37(23-8-6-19(7-9-23)22-5-2-20-10-12-32-26(20)14-22)29(34-28)25-15-31(25)11-13-36(18-31)17-27(38)21-3-4-21/h2,5-10,12,14,16,21,25,32H,3-4,11,13,15,17-18H2,1H3/t25-,31?/m0/s1. The molecule has 0 bridgehead atoms. The molecule has 4 heterocycles. The second kappa shape index (κ2) is 8.23. The van der Waals surface area contributed by atoms with Crippen LogP contribution >= 0.6 is 0 Å². The van der Waals surface area contributed by atoms with Crippen LogP contribution in [0.25, 0.3) is 38.8 Å². The average molecular weight is 519 g/mol. The van der Waals surface area contributed by atoms with Gasteiger partial charge in [-0.2, -0.15) is 5.10 Å². The first-order valence-electron chi connectivity index (χ1n) is 13.9. The molecule has 0 amide bonds. The summed E-state index contributed by atoms with van der Waals surface area (Å²) in [4.78, 5) is 37.0. The average Bonchev–Trinajstić information content (AvgIpc) is 3.76. The number of nitrogens with one attached hydrogen (secondary N) is 1. The van der Waals surface area contributed by atoms with Crippen LogP contribution in [0.4, 0.5) is 0 Å². The van der Waals surface area contributed by atoms with E-state index in [1.54, 1.807) is 15.4 Å². The minimum atomic E-state index is -0.0792. The van der Waals surface area contributed by atoms with Gasteiger partial charge in [0.1, 0.15) is 17.0 Å². The van der Waals surface area contributed by atoms with Gasteiger partial charge in [-0.25, -0.2) is 4.98 Å². The fraction of sp³-hybridized carbons (Fsp3) is 0.355. The van der Waals surface area contributed by atoms with Crippen LogP contribution in [0.15, 0.2) is 65.7 Å². The number of aromatic nitrogens is 5. The highest BCUT2D eigenvalue weighted by Crippen LogP contribution is 2.63. The third kappa shape index (κ3) is 3.69. The van der Waals surface area contributed by atoms with Crippen molar-refractivity contribution in [3.8, 4) is 16.8 Å². The lowest BCUT2D eigenvalue weighted by atomic mass is 10.0. The number of carbonyl (C=O) groups excluding carboxylic acids is 1. The van der Waals surface area contributed by atoms with Crippen molar-refractivity contribution in [1.29, 1.82) is 0 Å². The number of fused-ring (bicyclic) bond motifs is 2. The minimum Gasteiger partial charge on any atom is -0.361 e. The highest BCUT2D eigenvalue weighted by atomic mass is 16.1. The number of aryl methyl sites for hydroxylation is 1. The van der Waals surface area contributed by atoms with E-state index in [2.05, 4.69) is 51.4 Å². The Bertz CT molecular complexity index is 1830. The van der Waals surface area contributed by atoms with Gasteiger partial charge in [-0.1, -0.05) is 24.3 Å². The molecule has 2 atom stereocenters. The van der Waals surface area contributed by atoms with E-state index in [0.717, 1.165) is 66.9 Å². The lowest BCUT2D eigenvalue weighted by Crippen LogP contribution is -2.29. The maximum absolute atomic E-state index is 13.9. The predicted molar refractivity (Wildman–Crippen MR) is 150 cm³/mol. The van der Waals surface area contributed by atoms with E-state index < -0.39 is 0 Å². The maximum Gasteiger partial charge on any atom is 0.269 e. The molecule has 1 spiro atoms. The van der Waals surface area contributed by atoms with Gasteiger partial charge in [0.25, 0.3) is 5.56 Å². The molecule has 3 aliphatic rings. The first-order valence-corrected chi connectivity index (χ1v) is 13.9. The SMILES string of the molecule is Cn1ncc2c(=O)n(-c3ccc(-c4ccc5cc[nH]c5c4)cc3)c([C@@H]3CC34CCN(CC(=O)C3CC3)C4)nc21. The molecular weight excluding hydrogens is 488 g/mol. The molecule has 2 saturated carbocycles. The van der Waals surface area contributed by atoms with E-state index in [1.165, 1.54) is 5.39 Å². The summed E-state index contributed by atoms with van der Waals surface area (Å²) < 4.78 is 3.49. The van der Waals surface area contributed by atoms with Crippen LogP contribution in [-0.4, -0.2) is 54.6 Å². The van der Waals surface area contributed by atoms with Crippen LogP contribution in [0.5, 0.6) is 0 Å². The van der Waals surface area contributed by atoms with Gasteiger partial charge in [-0.15, -0.1) is 0 Å². The molecule has 39 heavy (non-hydrogen) atoms. The number of nitrogens with zero attached hydrogens (tertiary/aromatic N) is 5. The Morgan fingerprint density at radius 2 is 1.92 bits per heavy atom. The van der Waals surface area contributed by atoms with Crippen molar-refractivity contribution in [2.24, 2.45) is 18.4 Å². The summed E-state index contributed by atoms with van der Waals surface area (Å²) in [5.74, 6) is 1.68. The molecule has 1 aliphatic heterocycles. The van der Waals surface area contributed by atoms with Crippen LogP contribution in [-0.2, 0) is 11.8 Å². The summed E-state index contributed by atoms with van der Waals surface area (Å²) in [5, 5.41) is 6.05. The number of H-pyrrole nitrogens is 1. The van der Waals surface area contributed by atoms with Crippen LogP contribution < -0.4 is 5.56 Å². The Balaban J connectivity index is 1.15. The van der Waals surface area contributed by atoms with E-state index in [9.17, 15) is 9.59 Å². The zero-order valence-electron chi connectivity index (χ0n) is 21.9. The van der Waals surface area contributed by atoms with E-state index >= 15 is 0 Å². The smallest absolute Gasteiger partial charge is 0.269 e. The van der Waals surface area contributed by atoms with Crippen molar-refractivity contribution in [3.05, 3.63) is 77.1 Å². The molecule has 1 saturated heterocycles. The molecule has 8 nitrogen and oxygen atoms in total. The number of Topliss-reactive ketones (excluding diaryl/α,β-unsaturated/α-hetero) is 1. The van der Waals surface area contributed by atoms with Crippen molar-refractivity contribution in [3.63, 3.8) is 0 Å². The van der Waals surface area contributed by atoms with Gasteiger partial charge in [0.05, 0.1) is 18.4 Å². The molecular formula is C31H30N6O2. The molecule has 2 aliphatic carbocycles. The summed E-state index contributed by atoms with van der Waals surface area (Å²) in [5.41, 5.74) is 4.77. The molecule has 5 aromatic rings. The molecule has 196 valence electrons. The molecule has 8 rings (SSSR count). The Kier molecular flexibility index (Phi) is 4.83. The normalized spacial score (nSPS) is 22.8. The van der Waals surface area contributed by atoms with Crippen molar-refractivity contribution < 1.29 is 4.79 Å². The van der Waals surface area contributed by atoms with E-state index in [-0.39, 0.29) is 16.9 Å². The lowest BCUT2D eigenvalue weighted by Gasteiger charge is -2.17. The van der Waals surface area contributed by atoms with Crippen LogP contribution in [0.2, 0.25) is 0 Å². The van der Waals surface area contributed by atoms with Gasteiger partial charge in [0.15, 0.2) is 5.65 Å². The third-order valence-electron chi connectivity index (χ3n) is 9.18. The summed E-state index contributed by atoms with van der Waals surface area (Å²) >= 11 is 0. The second-order valence-electron chi connectivity index (χ2n) is 11.8. The van der Waals surface area contributed by atoms with Crippen molar-refractivity contribution in [2.45, 2.75) is 31.6 Å². The zero-order chi connectivity index (χ0) is 26.3. The molecule has 1 unspecified atom stereocenters. The number of likely N-dealkylation sites (tertiary alicyclic amines) is 1. The predicted octanol–water partition coefficient (Wildman–Crippen LogP) is 4.43. The fourth-order valence-electron chi connectivity index (χ4n) is 6.65. The van der Waals surface area contributed by atoms with Crippen molar-refractivity contribution in [1.82, 2.24) is 29.2 Å².